The highest BCUT2D eigenvalue weighted by molar-refractivity contribution is 5.72. The highest BCUT2D eigenvalue weighted by Gasteiger charge is 2.47. The lowest BCUT2D eigenvalue weighted by Gasteiger charge is -2.42. The quantitative estimate of drug-likeness (QED) is 0.198. The summed E-state index contributed by atoms with van der Waals surface area (Å²) in [6, 6.07) is 0. The first-order valence-electron chi connectivity index (χ1n) is 6.99. The molecule has 1 fully saturated rings. The molecule has 9 atom stereocenters. The number of carboxylic acid groups (broad SMARTS) is 1. The van der Waals surface area contributed by atoms with Crippen molar-refractivity contribution in [3.05, 3.63) is 0 Å². The average Bonchev–Trinajstić information content (AvgIpc) is 2.57. The number of carbonyl (C=O) groups is 1. The van der Waals surface area contributed by atoms with Gasteiger partial charge in [-0.3, -0.25) is 0 Å². The molecule has 0 unspecified atom stereocenters. The van der Waals surface area contributed by atoms with Crippen LogP contribution in [0.25, 0.3) is 0 Å². The van der Waals surface area contributed by atoms with E-state index in [0.717, 1.165) is 0 Å². The summed E-state index contributed by atoms with van der Waals surface area (Å²) in [5, 5.41) is 84.5. The van der Waals surface area contributed by atoms with Crippen LogP contribution < -0.4 is 0 Å². The van der Waals surface area contributed by atoms with Crippen LogP contribution in [0, 0.1) is 0 Å². The summed E-state index contributed by atoms with van der Waals surface area (Å²) in [6.45, 7) is -1.76. The molecule has 1 aliphatic rings. The lowest BCUT2D eigenvalue weighted by atomic mass is 9.98. The van der Waals surface area contributed by atoms with Gasteiger partial charge in [0, 0.05) is 0 Å². The molecule has 0 radical (unpaired) electrons. The zero-order valence-corrected chi connectivity index (χ0v) is 12.4. The number of aliphatic hydroxyl groups is 8. The number of carboxylic acids is 1. The Morgan fingerprint density at radius 2 is 1.62 bits per heavy atom. The Labute approximate surface area is 135 Å². The van der Waals surface area contributed by atoms with E-state index in [-0.39, 0.29) is 0 Å². The van der Waals surface area contributed by atoms with Crippen LogP contribution in [0.1, 0.15) is 0 Å². The lowest BCUT2D eigenvalue weighted by Crippen LogP contribution is -2.61. The Hall–Kier alpha value is -0.930. The van der Waals surface area contributed by atoms with E-state index in [0.29, 0.717) is 0 Å². The summed E-state index contributed by atoms with van der Waals surface area (Å²) in [5.41, 5.74) is 0. The largest absolute Gasteiger partial charge is 0.479 e. The Morgan fingerprint density at radius 3 is 2.08 bits per heavy atom. The summed E-state index contributed by atoms with van der Waals surface area (Å²) < 4.78 is 9.98. The maximum Gasteiger partial charge on any atom is 0.335 e. The van der Waals surface area contributed by atoms with Crippen LogP contribution in [0.15, 0.2) is 0 Å². The van der Waals surface area contributed by atoms with Gasteiger partial charge in [-0.1, -0.05) is 0 Å². The van der Waals surface area contributed by atoms with Gasteiger partial charge in [0.2, 0.25) is 0 Å². The zero-order valence-electron chi connectivity index (χ0n) is 12.4. The topological polar surface area (TPSA) is 218 Å². The maximum absolute atomic E-state index is 10.7. The van der Waals surface area contributed by atoms with Crippen molar-refractivity contribution in [3.63, 3.8) is 0 Å². The molecule has 1 rings (SSSR count). The van der Waals surface area contributed by atoms with Gasteiger partial charge in [0.15, 0.2) is 12.4 Å². The molecule has 0 aromatic rings. The summed E-state index contributed by atoms with van der Waals surface area (Å²) >= 11 is 0. The molecular weight excluding hydrogens is 336 g/mol. The minimum atomic E-state index is -2.39. The highest BCUT2D eigenvalue weighted by atomic mass is 16.7. The molecular formula is C12H22O12. The Kier molecular flexibility index (Phi) is 7.88. The second-order valence-electron chi connectivity index (χ2n) is 5.32. The van der Waals surface area contributed by atoms with E-state index in [2.05, 4.69) is 0 Å². The fourth-order valence-corrected chi connectivity index (χ4v) is 2.16. The van der Waals surface area contributed by atoms with Crippen molar-refractivity contribution in [2.75, 3.05) is 13.2 Å². The number of rotatable bonds is 8. The van der Waals surface area contributed by atoms with Gasteiger partial charge >= 0.3 is 5.97 Å². The molecule has 1 heterocycles. The van der Waals surface area contributed by atoms with Crippen molar-refractivity contribution in [3.8, 4) is 0 Å². The van der Waals surface area contributed by atoms with Crippen LogP contribution in [-0.2, 0) is 14.3 Å². The molecule has 1 saturated heterocycles. The van der Waals surface area contributed by atoms with Crippen LogP contribution in [0.5, 0.6) is 0 Å². The van der Waals surface area contributed by atoms with E-state index in [1.165, 1.54) is 0 Å². The van der Waals surface area contributed by atoms with Crippen molar-refractivity contribution < 1.29 is 60.2 Å². The molecule has 1 aliphatic heterocycles. The van der Waals surface area contributed by atoms with Crippen LogP contribution >= 0.6 is 0 Å². The third kappa shape index (κ3) is 4.58. The van der Waals surface area contributed by atoms with Crippen LogP contribution in [-0.4, -0.2) is 120 Å². The highest BCUT2D eigenvalue weighted by Crippen LogP contribution is 2.24. The SMILES string of the molecule is O=C(O)[C@@H](O)[C@@H](O)[C@@H](O[C@H]1O[C@@H](CO)[C@@H](O)[C@@H](O)[C@@H]1O)[C@@H](O)CO. The van der Waals surface area contributed by atoms with E-state index in [1.807, 2.05) is 0 Å². The zero-order chi connectivity index (χ0) is 18.6. The number of aliphatic hydroxyl groups excluding tert-OH is 8. The van der Waals surface area contributed by atoms with Crippen molar-refractivity contribution in [1.29, 1.82) is 0 Å². The van der Waals surface area contributed by atoms with Gasteiger partial charge in [-0.15, -0.1) is 0 Å². The monoisotopic (exact) mass is 358 g/mol. The smallest absolute Gasteiger partial charge is 0.335 e. The average molecular weight is 358 g/mol. The van der Waals surface area contributed by atoms with E-state index < -0.39 is 74.3 Å². The predicted molar refractivity (Wildman–Crippen MR) is 71.4 cm³/mol. The van der Waals surface area contributed by atoms with Crippen molar-refractivity contribution in [2.24, 2.45) is 0 Å². The van der Waals surface area contributed by atoms with Gasteiger partial charge in [0.25, 0.3) is 0 Å². The molecule has 0 aromatic heterocycles. The van der Waals surface area contributed by atoms with Crippen LogP contribution in [0.4, 0.5) is 0 Å². The van der Waals surface area contributed by atoms with E-state index in [4.69, 9.17) is 24.8 Å². The van der Waals surface area contributed by atoms with E-state index in [1.54, 1.807) is 0 Å². The standard InChI is InChI=1S/C12H22O12/c13-1-3(15)10(7(18)8(19)11(21)22)24-12-9(20)6(17)5(16)4(2-14)23-12/h3-10,12-20H,1-2H2,(H,21,22)/t3-,4-,5+,6+,7+,8-,9-,10-,12+/m0/s1. The molecule has 12 heteroatoms. The minimum absolute atomic E-state index is 0.766. The third-order valence-corrected chi connectivity index (χ3v) is 3.62. The van der Waals surface area contributed by atoms with Gasteiger partial charge in [0.05, 0.1) is 13.2 Å². The summed E-state index contributed by atoms with van der Waals surface area (Å²) in [6.07, 6.45) is -16.9. The second kappa shape index (κ2) is 8.96. The van der Waals surface area contributed by atoms with Crippen molar-refractivity contribution in [1.82, 2.24) is 0 Å². The van der Waals surface area contributed by atoms with E-state index >= 15 is 0 Å². The van der Waals surface area contributed by atoms with Crippen LogP contribution in [0.3, 0.4) is 0 Å². The predicted octanol–water partition coefficient (Wildman–Crippen LogP) is -5.67. The van der Waals surface area contributed by atoms with Gasteiger partial charge in [0.1, 0.15) is 42.7 Å². The number of aliphatic carboxylic acids is 1. The van der Waals surface area contributed by atoms with Gasteiger partial charge in [-0.2, -0.15) is 0 Å². The fraction of sp³-hybridized carbons (Fsp3) is 0.917. The molecule has 24 heavy (non-hydrogen) atoms. The second-order valence-corrected chi connectivity index (χ2v) is 5.32. The molecule has 12 nitrogen and oxygen atoms in total. The molecule has 0 amide bonds. The molecule has 0 aromatic carbocycles. The Morgan fingerprint density at radius 1 is 1.04 bits per heavy atom. The lowest BCUT2D eigenvalue weighted by molar-refractivity contribution is -0.326. The number of ether oxygens (including phenoxy) is 2. The number of hydrogen-bond donors (Lipinski definition) is 9. The molecule has 0 spiro atoms. The Bertz CT molecular complexity index is 403. The van der Waals surface area contributed by atoms with Crippen molar-refractivity contribution >= 4 is 5.97 Å². The summed E-state index contributed by atoms with van der Waals surface area (Å²) in [7, 11) is 0. The molecule has 9 N–H and O–H groups in total. The van der Waals surface area contributed by atoms with Gasteiger partial charge in [-0.05, 0) is 0 Å². The normalized spacial score (nSPS) is 35.9. The first kappa shape index (κ1) is 21.1. The van der Waals surface area contributed by atoms with Crippen LogP contribution in [0.2, 0.25) is 0 Å². The summed E-state index contributed by atoms with van der Waals surface area (Å²) in [4.78, 5) is 10.7. The first-order chi connectivity index (χ1) is 11.1. The Balaban J connectivity index is 2.94. The molecule has 0 aliphatic carbocycles. The molecule has 0 bridgehead atoms. The van der Waals surface area contributed by atoms with Gasteiger partial charge < -0.3 is 55.4 Å². The maximum atomic E-state index is 10.7. The fourth-order valence-electron chi connectivity index (χ4n) is 2.16. The number of hydrogen-bond acceptors (Lipinski definition) is 11. The third-order valence-electron chi connectivity index (χ3n) is 3.62. The first-order valence-corrected chi connectivity index (χ1v) is 6.99. The summed E-state index contributed by atoms with van der Waals surface area (Å²) in [5.74, 6) is -1.84. The molecule has 0 saturated carbocycles. The van der Waals surface area contributed by atoms with Gasteiger partial charge in [-0.25, -0.2) is 4.79 Å². The molecule has 142 valence electrons. The minimum Gasteiger partial charge on any atom is -0.479 e. The van der Waals surface area contributed by atoms with E-state index in [9.17, 15) is 35.4 Å². The van der Waals surface area contributed by atoms with Crippen molar-refractivity contribution in [2.45, 2.75) is 55.1 Å².